The Kier molecular flexibility index (Phi) is 11.6. The maximum atomic E-state index is 12.0. The van der Waals surface area contributed by atoms with E-state index in [2.05, 4.69) is 27.8 Å². The van der Waals surface area contributed by atoms with Crippen LogP contribution >= 0.6 is 0 Å². The molecular weight excluding hydrogens is 334 g/mol. The van der Waals surface area contributed by atoms with Crippen molar-refractivity contribution in [1.82, 2.24) is 20.9 Å². The van der Waals surface area contributed by atoms with E-state index in [-0.39, 0.29) is 18.2 Å². The normalized spacial score (nSPS) is 16.0. The molecule has 1 unspecified atom stereocenters. The first kappa shape index (κ1) is 22.4. The molecular formula is C18H35N5O3. The first-order chi connectivity index (χ1) is 12.5. The van der Waals surface area contributed by atoms with Crippen molar-refractivity contribution in [3.05, 3.63) is 0 Å². The van der Waals surface area contributed by atoms with E-state index in [1.165, 1.54) is 6.42 Å². The molecule has 0 aromatic carbocycles. The fraction of sp³-hybridized carbons (Fsp3) is 0.833. The Labute approximate surface area is 156 Å². The lowest BCUT2D eigenvalue weighted by atomic mass is 10.1. The molecule has 0 radical (unpaired) electrons. The van der Waals surface area contributed by atoms with E-state index in [0.29, 0.717) is 13.0 Å². The van der Waals surface area contributed by atoms with Crippen LogP contribution in [0, 0.1) is 0 Å². The van der Waals surface area contributed by atoms with E-state index in [1.807, 2.05) is 0 Å². The highest BCUT2D eigenvalue weighted by Gasteiger charge is 2.21. The molecule has 1 aliphatic heterocycles. The quantitative estimate of drug-likeness (QED) is 0.334. The van der Waals surface area contributed by atoms with Crippen molar-refractivity contribution in [1.29, 1.82) is 0 Å². The molecule has 1 atom stereocenters. The summed E-state index contributed by atoms with van der Waals surface area (Å²) < 4.78 is 0. The molecule has 1 fully saturated rings. The molecule has 26 heavy (non-hydrogen) atoms. The van der Waals surface area contributed by atoms with Gasteiger partial charge in [-0.05, 0) is 6.42 Å². The van der Waals surface area contributed by atoms with Crippen molar-refractivity contribution >= 4 is 17.7 Å². The van der Waals surface area contributed by atoms with Gasteiger partial charge >= 0.3 is 0 Å². The zero-order valence-corrected chi connectivity index (χ0v) is 16.0. The van der Waals surface area contributed by atoms with Crippen LogP contribution in [0.1, 0.15) is 51.9 Å². The van der Waals surface area contributed by atoms with Crippen LogP contribution in [-0.4, -0.2) is 67.9 Å². The summed E-state index contributed by atoms with van der Waals surface area (Å²) in [6.07, 6.45) is 5.46. The first-order valence-corrected chi connectivity index (χ1v) is 9.81. The molecule has 0 aromatic heterocycles. The zero-order valence-electron chi connectivity index (χ0n) is 16.0. The number of nitrogens with two attached hydrogens (primary N) is 1. The van der Waals surface area contributed by atoms with Crippen LogP contribution < -0.4 is 21.7 Å². The number of hydrogen-bond donors (Lipinski definition) is 4. The Bertz CT molecular complexity index is 439. The lowest BCUT2D eigenvalue weighted by Gasteiger charge is -2.27. The van der Waals surface area contributed by atoms with Gasteiger partial charge in [0.15, 0.2) is 0 Å². The number of rotatable bonds is 13. The van der Waals surface area contributed by atoms with Crippen molar-refractivity contribution in [2.75, 3.05) is 39.3 Å². The molecule has 0 spiro atoms. The summed E-state index contributed by atoms with van der Waals surface area (Å²) in [6, 6.07) is -0.947. The number of hydrogen-bond acceptors (Lipinski definition) is 5. The second-order valence-electron chi connectivity index (χ2n) is 6.83. The van der Waals surface area contributed by atoms with Gasteiger partial charge in [-0.25, -0.2) is 0 Å². The van der Waals surface area contributed by atoms with E-state index in [0.717, 1.165) is 58.4 Å². The van der Waals surface area contributed by atoms with Gasteiger partial charge in [-0.15, -0.1) is 0 Å². The molecule has 150 valence electrons. The van der Waals surface area contributed by atoms with Gasteiger partial charge in [0.2, 0.25) is 17.7 Å². The van der Waals surface area contributed by atoms with Crippen LogP contribution in [-0.2, 0) is 14.4 Å². The number of primary amides is 1. The van der Waals surface area contributed by atoms with Gasteiger partial charge in [-0.1, -0.05) is 32.6 Å². The van der Waals surface area contributed by atoms with Crippen molar-refractivity contribution in [3.8, 4) is 0 Å². The smallest absolute Gasteiger partial charge is 0.240 e. The highest BCUT2D eigenvalue weighted by atomic mass is 16.2. The standard InChI is InChI=1S/C18H35N5O3/c1-2-3-4-5-6-7-16(24)22-15(18(19)26)14-17(25)21-10-13-23-11-8-20-9-12-23/h15,20H,2-14H2,1H3,(H2,19,26)(H,21,25)(H,22,24). The van der Waals surface area contributed by atoms with Crippen LogP contribution in [0.2, 0.25) is 0 Å². The SMILES string of the molecule is CCCCCCCC(=O)NC(CC(=O)NCCN1CCNCC1)C(N)=O. The number of carbonyl (C=O) groups is 3. The zero-order chi connectivity index (χ0) is 19.2. The van der Waals surface area contributed by atoms with Crippen LogP contribution in [0.15, 0.2) is 0 Å². The molecule has 1 aliphatic rings. The largest absolute Gasteiger partial charge is 0.368 e. The van der Waals surface area contributed by atoms with Gasteiger partial charge in [0.1, 0.15) is 6.04 Å². The summed E-state index contributed by atoms with van der Waals surface area (Å²) in [5.74, 6) is -1.17. The van der Waals surface area contributed by atoms with Gasteiger partial charge in [0, 0.05) is 45.7 Å². The number of unbranched alkanes of at least 4 members (excludes halogenated alkanes) is 4. The molecule has 1 saturated heterocycles. The van der Waals surface area contributed by atoms with Crippen LogP contribution in [0.4, 0.5) is 0 Å². The third-order valence-corrected chi connectivity index (χ3v) is 4.54. The van der Waals surface area contributed by atoms with Crippen LogP contribution in [0.3, 0.4) is 0 Å². The summed E-state index contributed by atoms with van der Waals surface area (Å²) in [5, 5.41) is 8.65. The molecule has 0 saturated carbocycles. The molecule has 0 aromatic rings. The van der Waals surface area contributed by atoms with E-state index in [4.69, 9.17) is 5.73 Å². The second kappa shape index (κ2) is 13.5. The predicted molar refractivity (Wildman–Crippen MR) is 101 cm³/mol. The lowest BCUT2D eigenvalue weighted by Crippen LogP contribution is -2.48. The first-order valence-electron chi connectivity index (χ1n) is 9.81. The van der Waals surface area contributed by atoms with E-state index in [1.54, 1.807) is 0 Å². The molecule has 0 aliphatic carbocycles. The summed E-state index contributed by atoms with van der Waals surface area (Å²) in [6.45, 7) is 7.29. The van der Waals surface area contributed by atoms with Gasteiger partial charge in [-0.3, -0.25) is 19.3 Å². The Balaban J connectivity index is 2.22. The lowest BCUT2D eigenvalue weighted by molar-refractivity contribution is -0.130. The summed E-state index contributed by atoms with van der Waals surface area (Å²) in [5.41, 5.74) is 5.32. The highest BCUT2D eigenvalue weighted by molar-refractivity contribution is 5.91. The van der Waals surface area contributed by atoms with Gasteiger partial charge in [-0.2, -0.15) is 0 Å². The van der Waals surface area contributed by atoms with Gasteiger partial charge < -0.3 is 21.7 Å². The Morgan fingerprint density at radius 3 is 2.42 bits per heavy atom. The number of piperazine rings is 1. The van der Waals surface area contributed by atoms with Crippen molar-refractivity contribution < 1.29 is 14.4 Å². The van der Waals surface area contributed by atoms with Crippen LogP contribution in [0.5, 0.6) is 0 Å². The maximum absolute atomic E-state index is 12.0. The Morgan fingerprint density at radius 1 is 1.08 bits per heavy atom. The number of nitrogens with zero attached hydrogens (tertiary/aromatic N) is 1. The molecule has 8 nitrogen and oxygen atoms in total. The van der Waals surface area contributed by atoms with Crippen molar-refractivity contribution in [3.63, 3.8) is 0 Å². The number of carbonyl (C=O) groups excluding carboxylic acids is 3. The fourth-order valence-corrected chi connectivity index (χ4v) is 2.92. The molecule has 1 heterocycles. The Morgan fingerprint density at radius 2 is 1.77 bits per heavy atom. The minimum atomic E-state index is -0.947. The minimum Gasteiger partial charge on any atom is -0.368 e. The molecule has 5 N–H and O–H groups in total. The van der Waals surface area contributed by atoms with E-state index < -0.39 is 11.9 Å². The van der Waals surface area contributed by atoms with Gasteiger partial charge in [0.05, 0.1) is 6.42 Å². The van der Waals surface area contributed by atoms with E-state index >= 15 is 0 Å². The average molecular weight is 370 g/mol. The monoisotopic (exact) mass is 369 g/mol. The van der Waals surface area contributed by atoms with Crippen molar-refractivity contribution in [2.24, 2.45) is 5.73 Å². The predicted octanol–water partition coefficient (Wildman–Crippen LogP) is -0.271. The molecule has 8 heteroatoms. The highest BCUT2D eigenvalue weighted by Crippen LogP contribution is 2.05. The number of amides is 3. The van der Waals surface area contributed by atoms with Crippen molar-refractivity contribution in [2.45, 2.75) is 57.9 Å². The van der Waals surface area contributed by atoms with Gasteiger partial charge in [0.25, 0.3) is 0 Å². The summed E-state index contributed by atoms with van der Waals surface area (Å²) in [4.78, 5) is 37.7. The maximum Gasteiger partial charge on any atom is 0.240 e. The second-order valence-corrected chi connectivity index (χ2v) is 6.83. The molecule has 1 rings (SSSR count). The summed E-state index contributed by atoms with van der Waals surface area (Å²) in [7, 11) is 0. The third kappa shape index (κ3) is 10.4. The topological polar surface area (TPSA) is 117 Å². The molecule has 0 bridgehead atoms. The fourth-order valence-electron chi connectivity index (χ4n) is 2.92. The van der Waals surface area contributed by atoms with E-state index in [9.17, 15) is 14.4 Å². The summed E-state index contributed by atoms with van der Waals surface area (Å²) >= 11 is 0. The minimum absolute atomic E-state index is 0.113. The third-order valence-electron chi connectivity index (χ3n) is 4.54. The Hall–Kier alpha value is -1.67. The average Bonchev–Trinajstić information content (AvgIpc) is 2.62. The van der Waals surface area contributed by atoms with Crippen LogP contribution in [0.25, 0.3) is 0 Å². The number of nitrogens with one attached hydrogen (secondary N) is 3. The molecule has 3 amide bonds.